The molecule has 27 heavy (non-hydrogen) atoms. The number of rotatable bonds is 6. The summed E-state index contributed by atoms with van der Waals surface area (Å²) in [6.45, 7) is 1.48. The highest BCUT2D eigenvalue weighted by atomic mass is 16.6. The number of nitrogens with one attached hydrogen (secondary N) is 2. The fourth-order valence-electron chi connectivity index (χ4n) is 3.19. The zero-order chi connectivity index (χ0) is 20.0. The summed E-state index contributed by atoms with van der Waals surface area (Å²) in [6, 6.07) is 3.82. The van der Waals surface area contributed by atoms with Gasteiger partial charge in [0.25, 0.3) is 11.6 Å². The van der Waals surface area contributed by atoms with Gasteiger partial charge in [0.1, 0.15) is 6.04 Å². The molecule has 0 saturated heterocycles. The maximum absolute atomic E-state index is 12.4. The van der Waals surface area contributed by atoms with E-state index < -0.39 is 40.7 Å². The van der Waals surface area contributed by atoms with Gasteiger partial charge >= 0.3 is 5.97 Å². The molecule has 2 amide bonds. The van der Waals surface area contributed by atoms with E-state index in [2.05, 4.69) is 10.6 Å². The van der Waals surface area contributed by atoms with Gasteiger partial charge in [0, 0.05) is 23.7 Å². The first-order valence-electron chi connectivity index (χ1n) is 8.88. The number of aliphatic carboxylic acids is 1. The molecular weight excluding hydrogens is 354 g/mol. The minimum absolute atomic E-state index is 0.0710. The van der Waals surface area contributed by atoms with E-state index in [0.717, 1.165) is 25.3 Å². The van der Waals surface area contributed by atoms with Crippen molar-refractivity contribution in [2.45, 2.75) is 51.1 Å². The fourth-order valence-corrected chi connectivity index (χ4v) is 3.19. The standard InChI is InChI=1S/C18H23N3O6/c1-11(19-17(23)12-6-5-7-13(10-12)21(26)27)16(22)20-15-9-4-2-3-8-14(15)18(24)25/h5-7,10-11,14-15H,2-4,8-9H2,1H3,(H,19,23)(H,20,22)(H,24,25)/t11?,14-,15+/m1/s1. The SMILES string of the molecule is CC(NC(=O)c1cccc([N+](=O)[O-])c1)C(=O)N[C@H]1CCCCC[C@H]1C(=O)O. The average Bonchev–Trinajstić information content (AvgIpc) is 2.87. The van der Waals surface area contributed by atoms with Gasteiger partial charge in [-0.25, -0.2) is 0 Å². The molecule has 0 spiro atoms. The van der Waals surface area contributed by atoms with Crippen molar-refractivity contribution in [1.82, 2.24) is 10.6 Å². The number of nitrogens with zero attached hydrogens (tertiary/aromatic N) is 1. The molecule has 1 saturated carbocycles. The Bertz CT molecular complexity index is 736. The number of benzene rings is 1. The van der Waals surface area contributed by atoms with Gasteiger partial charge in [-0.3, -0.25) is 24.5 Å². The lowest BCUT2D eigenvalue weighted by atomic mass is 9.94. The van der Waals surface area contributed by atoms with Gasteiger partial charge in [-0.1, -0.05) is 25.3 Å². The van der Waals surface area contributed by atoms with Crippen molar-refractivity contribution in [3.63, 3.8) is 0 Å². The van der Waals surface area contributed by atoms with Crippen LogP contribution in [0.5, 0.6) is 0 Å². The second kappa shape index (κ2) is 9.11. The lowest BCUT2D eigenvalue weighted by molar-refractivity contribution is -0.384. The number of hydrogen-bond acceptors (Lipinski definition) is 5. The molecule has 2 rings (SSSR count). The van der Waals surface area contributed by atoms with Crippen molar-refractivity contribution in [2.24, 2.45) is 5.92 Å². The van der Waals surface area contributed by atoms with Crippen LogP contribution >= 0.6 is 0 Å². The van der Waals surface area contributed by atoms with E-state index in [1.54, 1.807) is 0 Å². The quantitative estimate of drug-likeness (QED) is 0.393. The van der Waals surface area contributed by atoms with Crippen LogP contribution in [0.3, 0.4) is 0 Å². The number of carbonyl (C=O) groups is 3. The summed E-state index contributed by atoms with van der Waals surface area (Å²) < 4.78 is 0. The third kappa shape index (κ3) is 5.50. The van der Waals surface area contributed by atoms with Gasteiger partial charge in [-0.2, -0.15) is 0 Å². The highest BCUT2D eigenvalue weighted by Crippen LogP contribution is 2.24. The van der Waals surface area contributed by atoms with Crippen LogP contribution in [-0.4, -0.2) is 39.9 Å². The third-order valence-corrected chi connectivity index (χ3v) is 4.72. The fraction of sp³-hybridized carbons (Fsp3) is 0.500. The normalized spacial score (nSPS) is 20.8. The maximum atomic E-state index is 12.4. The zero-order valence-corrected chi connectivity index (χ0v) is 15.0. The Hall–Kier alpha value is -2.97. The molecule has 3 N–H and O–H groups in total. The molecular formula is C18H23N3O6. The minimum Gasteiger partial charge on any atom is -0.481 e. The summed E-state index contributed by atoms with van der Waals surface area (Å²) in [5, 5.41) is 25.4. The minimum atomic E-state index is -0.935. The van der Waals surface area contributed by atoms with Crippen molar-refractivity contribution in [1.29, 1.82) is 0 Å². The average molecular weight is 377 g/mol. The molecule has 9 heteroatoms. The summed E-state index contributed by atoms with van der Waals surface area (Å²) in [4.78, 5) is 46.3. The molecule has 146 valence electrons. The molecule has 0 heterocycles. The Morgan fingerprint density at radius 1 is 1.22 bits per heavy atom. The maximum Gasteiger partial charge on any atom is 0.308 e. The second-order valence-corrected chi connectivity index (χ2v) is 6.70. The molecule has 0 radical (unpaired) electrons. The number of nitro benzene ring substituents is 1. The van der Waals surface area contributed by atoms with Crippen molar-refractivity contribution < 1.29 is 24.4 Å². The molecule has 9 nitrogen and oxygen atoms in total. The topological polar surface area (TPSA) is 139 Å². The third-order valence-electron chi connectivity index (χ3n) is 4.72. The van der Waals surface area contributed by atoms with Crippen LogP contribution in [0.15, 0.2) is 24.3 Å². The summed E-state index contributed by atoms with van der Waals surface area (Å²) in [6.07, 6.45) is 3.66. The van der Waals surface area contributed by atoms with Gasteiger partial charge in [-0.15, -0.1) is 0 Å². The number of carbonyl (C=O) groups excluding carboxylic acids is 2. The van der Waals surface area contributed by atoms with Crippen molar-refractivity contribution >= 4 is 23.5 Å². The van der Waals surface area contributed by atoms with E-state index in [1.807, 2.05) is 0 Å². The Labute approximate surface area is 156 Å². The van der Waals surface area contributed by atoms with Crippen LogP contribution in [0.25, 0.3) is 0 Å². The second-order valence-electron chi connectivity index (χ2n) is 6.70. The highest BCUT2D eigenvalue weighted by Gasteiger charge is 2.31. The predicted octanol–water partition coefficient (Wildman–Crippen LogP) is 1.86. The van der Waals surface area contributed by atoms with Crippen molar-refractivity contribution in [2.75, 3.05) is 0 Å². The van der Waals surface area contributed by atoms with Gasteiger partial charge in [0.05, 0.1) is 10.8 Å². The molecule has 1 aliphatic rings. The molecule has 0 aromatic heterocycles. The number of hydrogen-bond donors (Lipinski definition) is 3. The Kier molecular flexibility index (Phi) is 6.86. The van der Waals surface area contributed by atoms with Crippen molar-refractivity contribution in [3.8, 4) is 0 Å². The summed E-state index contributed by atoms with van der Waals surface area (Å²) in [5.41, 5.74) is -0.149. The van der Waals surface area contributed by atoms with Crippen LogP contribution < -0.4 is 10.6 Å². The molecule has 1 unspecified atom stereocenters. The first kappa shape index (κ1) is 20.3. The molecule has 0 bridgehead atoms. The van der Waals surface area contributed by atoms with Crippen LogP contribution in [0, 0.1) is 16.0 Å². The molecule has 1 aliphatic carbocycles. The van der Waals surface area contributed by atoms with Crippen LogP contribution in [0.1, 0.15) is 49.4 Å². The summed E-state index contributed by atoms with van der Waals surface area (Å²) in [5.74, 6) is -2.67. The summed E-state index contributed by atoms with van der Waals surface area (Å²) >= 11 is 0. The van der Waals surface area contributed by atoms with E-state index in [0.29, 0.717) is 12.8 Å². The van der Waals surface area contributed by atoms with E-state index in [1.165, 1.54) is 25.1 Å². The van der Waals surface area contributed by atoms with Crippen LogP contribution in [0.4, 0.5) is 5.69 Å². The Morgan fingerprint density at radius 2 is 1.93 bits per heavy atom. The first-order valence-corrected chi connectivity index (χ1v) is 8.88. The number of carboxylic acids is 1. The summed E-state index contributed by atoms with van der Waals surface area (Å²) in [7, 11) is 0. The van der Waals surface area contributed by atoms with Crippen LogP contribution in [-0.2, 0) is 9.59 Å². The molecule has 1 fully saturated rings. The Morgan fingerprint density at radius 3 is 2.59 bits per heavy atom. The lowest BCUT2D eigenvalue weighted by Crippen LogP contribution is -2.51. The van der Waals surface area contributed by atoms with Gasteiger partial charge < -0.3 is 15.7 Å². The number of nitro groups is 1. The lowest BCUT2D eigenvalue weighted by Gasteiger charge is -2.25. The Balaban J connectivity index is 2.00. The zero-order valence-electron chi connectivity index (χ0n) is 15.0. The van der Waals surface area contributed by atoms with Gasteiger partial charge in [0.15, 0.2) is 0 Å². The van der Waals surface area contributed by atoms with E-state index in [9.17, 15) is 29.6 Å². The number of carboxylic acid groups (broad SMARTS) is 1. The van der Waals surface area contributed by atoms with Crippen molar-refractivity contribution in [3.05, 3.63) is 39.9 Å². The van der Waals surface area contributed by atoms with Gasteiger partial charge in [0.2, 0.25) is 5.91 Å². The highest BCUT2D eigenvalue weighted by molar-refractivity contribution is 5.98. The number of non-ortho nitro benzene ring substituents is 1. The molecule has 3 atom stereocenters. The molecule has 0 aliphatic heterocycles. The first-order chi connectivity index (χ1) is 12.8. The van der Waals surface area contributed by atoms with Crippen LogP contribution in [0.2, 0.25) is 0 Å². The van der Waals surface area contributed by atoms with E-state index in [-0.39, 0.29) is 11.3 Å². The van der Waals surface area contributed by atoms with Gasteiger partial charge in [-0.05, 0) is 25.8 Å². The predicted molar refractivity (Wildman–Crippen MR) is 96.2 cm³/mol. The molecule has 1 aromatic carbocycles. The number of amides is 2. The van der Waals surface area contributed by atoms with E-state index in [4.69, 9.17) is 0 Å². The van der Waals surface area contributed by atoms with E-state index >= 15 is 0 Å². The molecule has 1 aromatic rings. The largest absolute Gasteiger partial charge is 0.481 e. The smallest absolute Gasteiger partial charge is 0.308 e. The monoisotopic (exact) mass is 377 g/mol.